The molecule has 1 aliphatic heterocycles. The van der Waals surface area contributed by atoms with Crippen LogP contribution in [0.25, 0.3) is 0 Å². The fourth-order valence-electron chi connectivity index (χ4n) is 3.94. The lowest BCUT2D eigenvalue weighted by molar-refractivity contribution is 0.184. The summed E-state index contributed by atoms with van der Waals surface area (Å²) in [6, 6.07) is 14.9. The average Bonchev–Trinajstić information content (AvgIpc) is 2.64. The van der Waals surface area contributed by atoms with Gasteiger partial charge in [0.05, 0.1) is 0 Å². The molecule has 0 spiro atoms. The van der Waals surface area contributed by atoms with Crippen LogP contribution < -0.4 is 5.73 Å². The first-order chi connectivity index (χ1) is 12.5. The van der Waals surface area contributed by atoms with Crippen molar-refractivity contribution in [1.29, 1.82) is 0 Å². The number of hydrogen-bond donors (Lipinski definition) is 1. The van der Waals surface area contributed by atoms with Gasteiger partial charge >= 0.3 is 0 Å². The highest BCUT2D eigenvalue weighted by Crippen LogP contribution is 2.31. The van der Waals surface area contributed by atoms with E-state index in [9.17, 15) is 0 Å². The van der Waals surface area contributed by atoms with Gasteiger partial charge in [-0.05, 0) is 92.4 Å². The van der Waals surface area contributed by atoms with Crippen molar-refractivity contribution in [2.45, 2.75) is 45.4 Å². The van der Waals surface area contributed by atoms with Gasteiger partial charge in [-0.15, -0.1) is 0 Å². The van der Waals surface area contributed by atoms with Crippen molar-refractivity contribution in [2.24, 2.45) is 5.92 Å². The Hall–Kier alpha value is -1.51. The molecule has 2 aromatic rings. The monoisotopic (exact) mass is 370 g/mol. The molecule has 1 unspecified atom stereocenters. The first-order valence-electron chi connectivity index (χ1n) is 9.84. The van der Waals surface area contributed by atoms with E-state index in [1.54, 1.807) is 0 Å². The Morgan fingerprint density at radius 1 is 1.12 bits per heavy atom. The van der Waals surface area contributed by atoms with Crippen LogP contribution in [0.3, 0.4) is 0 Å². The van der Waals surface area contributed by atoms with Crippen LogP contribution in [0, 0.1) is 12.8 Å². The normalized spacial score (nSPS) is 17.3. The largest absolute Gasteiger partial charge is 0.399 e. The SMILES string of the molecule is Cc1ccc(C2CCN(CC(C)CCc3ccc(N)cc3)CC2)cc1Cl. The van der Waals surface area contributed by atoms with Gasteiger partial charge in [-0.1, -0.05) is 42.8 Å². The second-order valence-corrected chi connectivity index (χ2v) is 8.38. The van der Waals surface area contributed by atoms with Crippen molar-refractivity contribution in [3.8, 4) is 0 Å². The minimum atomic E-state index is 0.662. The van der Waals surface area contributed by atoms with E-state index < -0.39 is 0 Å². The highest BCUT2D eigenvalue weighted by atomic mass is 35.5. The van der Waals surface area contributed by atoms with E-state index in [1.165, 1.54) is 55.6 Å². The topological polar surface area (TPSA) is 29.3 Å². The molecule has 2 nitrogen and oxygen atoms in total. The molecular formula is C23H31ClN2. The van der Waals surface area contributed by atoms with Crippen LogP contribution in [-0.2, 0) is 6.42 Å². The van der Waals surface area contributed by atoms with Crippen molar-refractivity contribution in [3.05, 3.63) is 64.2 Å². The lowest BCUT2D eigenvalue weighted by Gasteiger charge is -2.34. The molecule has 0 bridgehead atoms. The number of aryl methyl sites for hydroxylation is 2. The summed E-state index contributed by atoms with van der Waals surface area (Å²) in [4.78, 5) is 2.64. The zero-order valence-electron chi connectivity index (χ0n) is 16.0. The van der Waals surface area contributed by atoms with Crippen LogP contribution in [0.1, 0.15) is 48.8 Å². The van der Waals surface area contributed by atoms with E-state index in [1.807, 2.05) is 12.1 Å². The third-order valence-electron chi connectivity index (χ3n) is 5.73. The van der Waals surface area contributed by atoms with Gasteiger partial charge in [0.1, 0.15) is 0 Å². The van der Waals surface area contributed by atoms with Gasteiger partial charge in [0, 0.05) is 17.3 Å². The van der Waals surface area contributed by atoms with Gasteiger partial charge in [0.25, 0.3) is 0 Å². The van der Waals surface area contributed by atoms with Crippen LogP contribution in [0.15, 0.2) is 42.5 Å². The van der Waals surface area contributed by atoms with Crippen LogP contribution in [0.2, 0.25) is 5.02 Å². The van der Waals surface area contributed by atoms with Crippen molar-refractivity contribution in [2.75, 3.05) is 25.4 Å². The van der Waals surface area contributed by atoms with Crippen molar-refractivity contribution >= 4 is 17.3 Å². The molecule has 1 atom stereocenters. The number of piperidine rings is 1. The molecule has 3 heteroatoms. The quantitative estimate of drug-likeness (QED) is 0.663. The van der Waals surface area contributed by atoms with E-state index in [2.05, 4.69) is 49.1 Å². The molecule has 1 saturated heterocycles. The van der Waals surface area contributed by atoms with Crippen LogP contribution in [-0.4, -0.2) is 24.5 Å². The predicted molar refractivity (Wildman–Crippen MR) is 113 cm³/mol. The number of nitrogen functional groups attached to an aromatic ring is 1. The van der Waals surface area contributed by atoms with E-state index in [0.717, 1.165) is 23.0 Å². The molecule has 1 heterocycles. The number of rotatable bonds is 6. The van der Waals surface area contributed by atoms with E-state index >= 15 is 0 Å². The smallest absolute Gasteiger partial charge is 0.0438 e. The maximum absolute atomic E-state index is 6.31. The van der Waals surface area contributed by atoms with Crippen molar-refractivity contribution < 1.29 is 0 Å². The highest BCUT2D eigenvalue weighted by Gasteiger charge is 2.22. The molecule has 0 amide bonds. The Kier molecular flexibility index (Phi) is 6.61. The summed E-state index contributed by atoms with van der Waals surface area (Å²) < 4.78 is 0. The molecule has 140 valence electrons. The van der Waals surface area contributed by atoms with Crippen LogP contribution >= 0.6 is 11.6 Å². The molecule has 0 radical (unpaired) electrons. The van der Waals surface area contributed by atoms with Crippen molar-refractivity contribution in [3.63, 3.8) is 0 Å². The van der Waals surface area contributed by atoms with Gasteiger partial charge in [-0.2, -0.15) is 0 Å². The van der Waals surface area contributed by atoms with Gasteiger partial charge in [0.15, 0.2) is 0 Å². The number of hydrogen-bond acceptors (Lipinski definition) is 2. The molecule has 3 rings (SSSR count). The van der Waals surface area contributed by atoms with E-state index in [0.29, 0.717) is 5.92 Å². The Morgan fingerprint density at radius 2 is 1.81 bits per heavy atom. The number of anilines is 1. The number of nitrogens with zero attached hydrogens (tertiary/aromatic N) is 1. The standard InChI is InChI=1S/C23H31ClN2/c1-17(3-5-19-6-9-22(25)10-7-19)16-26-13-11-20(12-14-26)21-8-4-18(2)23(24)15-21/h4,6-10,15,17,20H,3,5,11-14,16,25H2,1-2H3. The number of nitrogens with two attached hydrogens (primary N) is 1. The summed E-state index contributed by atoms with van der Waals surface area (Å²) in [5, 5.41) is 0.904. The third-order valence-corrected chi connectivity index (χ3v) is 6.14. The first kappa shape index (κ1) is 19.3. The van der Waals surface area contributed by atoms with Gasteiger partial charge in [-0.25, -0.2) is 0 Å². The molecular weight excluding hydrogens is 340 g/mol. The Balaban J connectivity index is 1.43. The molecule has 0 saturated carbocycles. The lowest BCUT2D eigenvalue weighted by atomic mass is 9.88. The number of benzene rings is 2. The molecule has 26 heavy (non-hydrogen) atoms. The summed E-state index contributed by atoms with van der Waals surface area (Å²) in [7, 11) is 0. The lowest BCUT2D eigenvalue weighted by Crippen LogP contribution is -2.36. The Morgan fingerprint density at radius 3 is 2.46 bits per heavy atom. The van der Waals surface area contributed by atoms with Gasteiger partial charge in [0.2, 0.25) is 0 Å². The maximum atomic E-state index is 6.31. The summed E-state index contributed by atoms with van der Waals surface area (Å²) in [6.07, 6.45) is 4.85. The highest BCUT2D eigenvalue weighted by molar-refractivity contribution is 6.31. The summed E-state index contributed by atoms with van der Waals surface area (Å²) in [6.45, 7) is 8.05. The zero-order chi connectivity index (χ0) is 18.5. The Labute approximate surface area is 163 Å². The molecule has 0 aliphatic carbocycles. The minimum Gasteiger partial charge on any atom is -0.399 e. The second-order valence-electron chi connectivity index (χ2n) is 7.97. The summed E-state index contributed by atoms with van der Waals surface area (Å²) in [5.41, 5.74) is 10.6. The minimum absolute atomic E-state index is 0.662. The van der Waals surface area contributed by atoms with Crippen molar-refractivity contribution in [1.82, 2.24) is 4.90 Å². The molecule has 2 aromatic carbocycles. The number of likely N-dealkylation sites (tertiary alicyclic amines) is 1. The third kappa shape index (κ3) is 5.25. The predicted octanol–water partition coefficient (Wildman–Crippen LogP) is 5.68. The average molecular weight is 371 g/mol. The van der Waals surface area contributed by atoms with Gasteiger partial charge in [-0.3, -0.25) is 0 Å². The molecule has 1 fully saturated rings. The number of halogens is 1. The van der Waals surface area contributed by atoms with Crippen LogP contribution in [0.4, 0.5) is 5.69 Å². The zero-order valence-corrected chi connectivity index (χ0v) is 16.8. The van der Waals surface area contributed by atoms with E-state index in [-0.39, 0.29) is 0 Å². The summed E-state index contributed by atoms with van der Waals surface area (Å²) in [5.74, 6) is 1.38. The first-order valence-corrected chi connectivity index (χ1v) is 10.2. The molecule has 1 aliphatic rings. The van der Waals surface area contributed by atoms with Crippen LogP contribution in [0.5, 0.6) is 0 Å². The fourth-order valence-corrected chi connectivity index (χ4v) is 4.13. The Bertz CT molecular complexity index is 703. The molecule has 0 aromatic heterocycles. The summed E-state index contributed by atoms with van der Waals surface area (Å²) >= 11 is 6.31. The second kappa shape index (κ2) is 8.92. The molecule has 2 N–H and O–H groups in total. The van der Waals surface area contributed by atoms with Gasteiger partial charge < -0.3 is 10.6 Å². The fraction of sp³-hybridized carbons (Fsp3) is 0.478. The maximum Gasteiger partial charge on any atom is 0.0438 e. The van der Waals surface area contributed by atoms with E-state index in [4.69, 9.17) is 17.3 Å².